The summed E-state index contributed by atoms with van der Waals surface area (Å²) in [5.41, 5.74) is 4.70. The maximum atomic E-state index is 5.74. The molecule has 0 aromatic carbocycles. The Morgan fingerprint density at radius 3 is 1.94 bits per heavy atom. The summed E-state index contributed by atoms with van der Waals surface area (Å²) in [6.45, 7) is 17.0. The molecule has 4 rings (SSSR count). The molecule has 0 N–H and O–H groups in total. The van der Waals surface area contributed by atoms with Crippen LogP contribution in [0.3, 0.4) is 0 Å². The van der Waals surface area contributed by atoms with Gasteiger partial charge in [-0.3, -0.25) is 9.97 Å². The van der Waals surface area contributed by atoms with Crippen molar-refractivity contribution in [3.8, 4) is 0 Å². The second-order valence-electron chi connectivity index (χ2n) is 9.21. The number of morpholine rings is 1. The zero-order valence-electron chi connectivity index (χ0n) is 20.1. The number of pyridine rings is 2. The molecule has 2 aromatic rings. The van der Waals surface area contributed by atoms with E-state index in [4.69, 9.17) is 4.74 Å². The first-order chi connectivity index (χ1) is 14.8. The maximum Gasteiger partial charge on any atom is 0.0726 e. The fraction of sp³-hybridized carbons (Fsp3) is 0.600. The molecule has 2 aliphatic rings. The third-order valence-corrected chi connectivity index (χ3v) is 5.91. The summed E-state index contributed by atoms with van der Waals surface area (Å²) in [5, 5.41) is 0. The highest BCUT2D eigenvalue weighted by atomic mass is 16.5. The van der Waals surface area contributed by atoms with E-state index >= 15 is 0 Å². The Morgan fingerprint density at radius 2 is 1.42 bits per heavy atom. The van der Waals surface area contributed by atoms with Crippen LogP contribution < -0.4 is 9.80 Å². The van der Waals surface area contributed by atoms with E-state index in [2.05, 4.69) is 83.7 Å². The van der Waals surface area contributed by atoms with Crippen LogP contribution in [0.15, 0.2) is 36.7 Å². The Hall–Kier alpha value is -2.18. The van der Waals surface area contributed by atoms with Crippen LogP contribution in [-0.2, 0) is 4.74 Å². The quantitative estimate of drug-likeness (QED) is 0.742. The van der Waals surface area contributed by atoms with Crippen molar-refractivity contribution in [2.24, 2.45) is 0 Å². The molecule has 2 aliphatic heterocycles. The molecule has 0 saturated carbocycles. The zero-order chi connectivity index (χ0) is 22.4. The van der Waals surface area contributed by atoms with E-state index in [0.717, 1.165) is 50.7 Å². The van der Waals surface area contributed by atoms with Gasteiger partial charge >= 0.3 is 0 Å². The summed E-state index contributed by atoms with van der Waals surface area (Å²) in [6, 6.07) is 8.54. The van der Waals surface area contributed by atoms with Gasteiger partial charge in [-0.2, -0.15) is 0 Å². The summed E-state index contributed by atoms with van der Waals surface area (Å²) >= 11 is 0. The van der Waals surface area contributed by atoms with Gasteiger partial charge in [0.15, 0.2) is 0 Å². The molecule has 170 valence electrons. The zero-order valence-corrected chi connectivity index (χ0v) is 20.1. The van der Waals surface area contributed by atoms with E-state index in [-0.39, 0.29) is 0 Å². The van der Waals surface area contributed by atoms with Crippen molar-refractivity contribution in [1.29, 1.82) is 0 Å². The van der Waals surface area contributed by atoms with Crippen LogP contribution in [0.25, 0.3) is 0 Å². The van der Waals surface area contributed by atoms with Gasteiger partial charge in [-0.15, -0.1) is 0 Å². The van der Waals surface area contributed by atoms with E-state index in [1.165, 1.54) is 11.4 Å². The summed E-state index contributed by atoms with van der Waals surface area (Å²) in [6.07, 6.45) is 4.55. The van der Waals surface area contributed by atoms with Crippen molar-refractivity contribution in [2.75, 3.05) is 56.1 Å². The molecule has 2 saturated heterocycles. The van der Waals surface area contributed by atoms with Crippen LogP contribution in [0.4, 0.5) is 11.4 Å². The molecular weight excluding hydrogens is 386 g/mol. The Balaban J connectivity index is 0.000000179. The predicted octanol–water partition coefficient (Wildman–Crippen LogP) is 3.96. The topological polar surface area (TPSA) is 44.7 Å². The lowest BCUT2D eigenvalue weighted by molar-refractivity contribution is -0.00523. The summed E-state index contributed by atoms with van der Waals surface area (Å²) < 4.78 is 5.74. The number of aryl methyl sites for hydroxylation is 1. The number of aromatic nitrogens is 2. The van der Waals surface area contributed by atoms with E-state index in [0.29, 0.717) is 18.1 Å². The molecule has 0 bridgehead atoms. The lowest BCUT2D eigenvalue weighted by Gasteiger charge is -2.36. The molecule has 0 amide bonds. The van der Waals surface area contributed by atoms with Crippen LogP contribution in [0.5, 0.6) is 0 Å². The van der Waals surface area contributed by atoms with Gasteiger partial charge in [-0.1, -0.05) is 13.8 Å². The average molecular weight is 426 g/mol. The molecule has 0 spiro atoms. The first kappa shape index (κ1) is 23.5. The van der Waals surface area contributed by atoms with Crippen molar-refractivity contribution in [2.45, 2.75) is 52.7 Å². The van der Waals surface area contributed by atoms with E-state index in [1.807, 2.05) is 19.3 Å². The summed E-state index contributed by atoms with van der Waals surface area (Å²) in [7, 11) is 2.17. The monoisotopic (exact) mass is 425 g/mol. The van der Waals surface area contributed by atoms with Gasteiger partial charge < -0.3 is 19.4 Å². The van der Waals surface area contributed by atoms with Crippen LogP contribution in [-0.4, -0.2) is 73.4 Å². The van der Waals surface area contributed by atoms with Gasteiger partial charge in [0.05, 0.1) is 36.0 Å². The van der Waals surface area contributed by atoms with Crippen molar-refractivity contribution in [1.82, 2.24) is 14.9 Å². The van der Waals surface area contributed by atoms with Gasteiger partial charge in [0, 0.05) is 50.7 Å². The van der Waals surface area contributed by atoms with Crippen molar-refractivity contribution >= 4 is 11.4 Å². The van der Waals surface area contributed by atoms with Crippen molar-refractivity contribution in [3.05, 3.63) is 48.0 Å². The number of anilines is 2. The molecule has 0 aliphatic carbocycles. The minimum absolute atomic E-state index is 0.295. The Bertz CT molecular complexity index is 775. The highest BCUT2D eigenvalue weighted by Gasteiger charge is 2.22. The number of hydrogen-bond donors (Lipinski definition) is 0. The Kier molecular flexibility index (Phi) is 8.27. The van der Waals surface area contributed by atoms with E-state index < -0.39 is 0 Å². The first-order valence-corrected chi connectivity index (χ1v) is 11.5. The number of nitrogens with zero attached hydrogens (tertiary/aromatic N) is 5. The van der Waals surface area contributed by atoms with Gasteiger partial charge in [-0.25, -0.2) is 0 Å². The molecule has 4 heterocycles. The van der Waals surface area contributed by atoms with Crippen LogP contribution >= 0.6 is 0 Å². The van der Waals surface area contributed by atoms with Crippen LogP contribution in [0.1, 0.15) is 45.0 Å². The SMILES string of the molecule is CC1CN(c2ccc(C(C)C)nc2)CC(C)O1.Cc1ccc(N2CCN(C)CC2)cn1. The molecule has 6 heteroatoms. The summed E-state index contributed by atoms with van der Waals surface area (Å²) in [5.74, 6) is 0.492. The molecule has 2 atom stereocenters. The highest BCUT2D eigenvalue weighted by molar-refractivity contribution is 5.46. The Labute approximate surface area is 188 Å². The molecule has 0 radical (unpaired) electrons. The smallest absolute Gasteiger partial charge is 0.0726 e. The average Bonchev–Trinajstić information content (AvgIpc) is 2.75. The number of rotatable bonds is 3. The molecule has 2 unspecified atom stereocenters. The first-order valence-electron chi connectivity index (χ1n) is 11.5. The third-order valence-electron chi connectivity index (χ3n) is 5.91. The van der Waals surface area contributed by atoms with E-state index in [1.54, 1.807) is 0 Å². The second kappa shape index (κ2) is 10.9. The van der Waals surface area contributed by atoms with E-state index in [9.17, 15) is 0 Å². The molecular formula is C25H39N5O. The minimum atomic E-state index is 0.295. The fourth-order valence-electron chi connectivity index (χ4n) is 4.03. The lowest BCUT2D eigenvalue weighted by atomic mass is 10.1. The largest absolute Gasteiger partial charge is 0.372 e. The second-order valence-corrected chi connectivity index (χ2v) is 9.21. The normalized spacial score (nSPS) is 22.3. The molecule has 2 aromatic heterocycles. The lowest BCUT2D eigenvalue weighted by Crippen LogP contribution is -2.45. The Morgan fingerprint density at radius 1 is 0.839 bits per heavy atom. The van der Waals surface area contributed by atoms with Gasteiger partial charge in [-0.05, 0) is 58.0 Å². The van der Waals surface area contributed by atoms with Crippen molar-refractivity contribution < 1.29 is 4.74 Å². The van der Waals surface area contributed by atoms with Crippen molar-refractivity contribution in [3.63, 3.8) is 0 Å². The van der Waals surface area contributed by atoms with Gasteiger partial charge in [0.1, 0.15) is 0 Å². The molecule has 6 nitrogen and oxygen atoms in total. The number of likely N-dealkylation sites (N-methyl/N-ethyl adjacent to an activating group) is 1. The van der Waals surface area contributed by atoms with Gasteiger partial charge in [0.2, 0.25) is 0 Å². The van der Waals surface area contributed by atoms with Crippen LogP contribution in [0, 0.1) is 6.92 Å². The fourth-order valence-corrected chi connectivity index (χ4v) is 4.03. The minimum Gasteiger partial charge on any atom is -0.372 e. The maximum absolute atomic E-state index is 5.74. The van der Waals surface area contributed by atoms with Crippen LogP contribution in [0.2, 0.25) is 0 Å². The van der Waals surface area contributed by atoms with Gasteiger partial charge in [0.25, 0.3) is 0 Å². The number of piperazine rings is 1. The summed E-state index contributed by atoms with van der Waals surface area (Å²) in [4.78, 5) is 16.0. The molecule has 2 fully saturated rings. The highest BCUT2D eigenvalue weighted by Crippen LogP contribution is 2.21. The third kappa shape index (κ3) is 6.91. The standard InChI is InChI=1S/C14H22N2O.C11H17N3/c1-10(2)14-6-5-13(7-15-14)16-8-11(3)17-12(4)9-16;1-10-3-4-11(9-12-10)14-7-5-13(2)6-8-14/h5-7,10-12H,8-9H2,1-4H3;3-4,9H,5-8H2,1-2H3. The number of hydrogen-bond acceptors (Lipinski definition) is 6. The molecule has 31 heavy (non-hydrogen) atoms. The predicted molar refractivity (Wildman–Crippen MR) is 129 cm³/mol. The number of ether oxygens (including phenoxy) is 1.